The van der Waals surface area contributed by atoms with E-state index in [2.05, 4.69) is 4.98 Å². The van der Waals surface area contributed by atoms with Crippen LogP contribution in [0.25, 0.3) is 0 Å². The van der Waals surface area contributed by atoms with Crippen molar-refractivity contribution in [3.8, 4) is 0 Å². The Balaban J connectivity index is 2.75. The zero-order chi connectivity index (χ0) is 7.40. The molecule has 0 radical (unpaired) electrons. The average molecular weight is 140 g/mol. The predicted octanol–water partition coefficient (Wildman–Crippen LogP) is 1.05. The third kappa shape index (κ3) is 1.51. The lowest BCUT2D eigenvalue weighted by Crippen LogP contribution is -2.07. The van der Waals surface area contributed by atoms with Crippen LogP contribution in [0.2, 0.25) is 0 Å². The van der Waals surface area contributed by atoms with Crippen LogP contribution < -0.4 is 5.73 Å². The van der Waals surface area contributed by atoms with Gasteiger partial charge in [0.15, 0.2) is 0 Å². The summed E-state index contributed by atoms with van der Waals surface area (Å²) < 4.78 is 12.7. The van der Waals surface area contributed by atoms with Crippen LogP contribution >= 0.6 is 0 Å². The maximum atomic E-state index is 12.7. The Kier molecular flexibility index (Phi) is 2.34. The Morgan fingerprint density at radius 2 is 2.50 bits per heavy atom. The summed E-state index contributed by atoms with van der Waals surface area (Å²) in [4.78, 5) is 3.76. The van der Waals surface area contributed by atoms with Crippen molar-refractivity contribution in [1.82, 2.24) is 4.98 Å². The highest BCUT2D eigenvalue weighted by atomic mass is 19.1. The van der Waals surface area contributed by atoms with Gasteiger partial charge < -0.3 is 5.73 Å². The molecule has 1 heterocycles. The fourth-order valence-electron chi connectivity index (χ4n) is 0.697. The van der Waals surface area contributed by atoms with Crippen LogP contribution in [0.4, 0.5) is 4.39 Å². The van der Waals surface area contributed by atoms with E-state index in [4.69, 9.17) is 5.73 Å². The van der Waals surface area contributed by atoms with Gasteiger partial charge >= 0.3 is 0 Å². The minimum atomic E-state index is -1.08. The zero-order valence-electron chi connectivity index (χ0n) is 5.50. The van der Waals surface area contributed by atoms with Crippen LogP contribution in [0.5, 0.6) is 0 Å². The first-order chi connectivity index (χ1) is 4.84. The minimum Gasteiger partial charge on any atom is -0.327 e. The second-order valence-electron chi connectivity index (χ2n) is 1.99. The number of nitrogens with two attached hydrogens (primary N) is 1. The molecular formula is C7H9FN2. The summed E-state index contributed by atoms with van der Waals surface area (Å²) in [7, 11) is 0. The zero-order valence-corrected chi connectivity index (χ0v) is 5.50. The standard InChI is InChI=1S/C7H9FN2/c8-7(4-9)6-2-1-3-10-5-6/h1-3,5,7H,4,9H2/t7-/m0/s1. The molecule has 1 atom stereocenters. The van der Waals surface area contributed by atoms with Crippen LogP contribution in [0, 0.1) is 0 Å². The second-order valence-corrected chi connectivity index (χ2v) is 1.99. The first-order valence-corrected chi connectivity index (χ1v) is 3.08. The lowest BCUT2D eigenvalue weighted by Gasteiger charge is -2.02. The molecule has 0 unspecified atom stereocenters. The highest BCUT2D eigenvalue weighted by Gasteiger charge is 2.04. The van der Waals surface area contributed by atoms with Crippen molar-refractivity contribution >= 4 is 0 Å². The summed E-state index contributed by atoms with van der Waals surface area (Å²) >= 11 is 0. The number of aromatic nitrogens is 1. The predicted molar refractivity (Wildman–Crippen MR) is 37.1 cm³/mol. The third-order valence-corrected chi connectivity index (χ3v) is 1.25. The average Bonchev–Trinajstić information content (AvgIpc) is 2.05. The van der Waals surface area contributed by atoms with Gasteiger partial charge in [0.2, 0.25) is 0 Å². The Morgan fingerprint density at radius 3 is 3.00 bits per heavy atom. The van der Waals surface area contributed by atoms with Crippen LogP contribution in [0.3, 0.4) is 0 Å². The first-order valence-electron chi connectivity index (χ1n) is 3.08. The number of alkyl halides is 1. The van der Waals surface area contributed by atoms with E-state index in [1.165, 1.54) is 6.20 Å². The molecule has 0 spiro atoms. The molecule has 0 aromatic carbocycles. The summed E-state index contributed by atoms with van der Waals surface area (Å²) in [5.41, 5.74) is 5.65. The van der Waals surface area contributed by atoms with E-state index in [-0.39, 0.29) is 6.54 Å². The summed E-state index contributed by atoms with van der Waals surface area (Å²) in [6.07, 6.45) is 2.01. The van der Waals surface area contributed by atoms with Crippen molar-refractivity contribution in [2.45, 2.75) is 6.17 Å². The first kappa shape index (κ1) is 7.15. The maximum absolute atomic E-state index is 12.7. The molecule has 0 aliphatic carbocycles. The summed E-state index contributed by atoms with van der Waals surface area (Å²) in [6, 6.07) is 3.36. The molecule has 0 saturated heterocycles. The van der Waals surface area contributed by atoms with Gasteiger partial charge in [-0.15, -0.1) is 0 Å². The smallest absolute Gasteiger partial charge is 0.139 e. The Bertz CT molecular complexity index is 188. The van der Waals surface area contributed by atoms with Gasteiger partial charge in [0.05, 0.1) is 0 Å². The third-order valence-electron chi connectivity index (χ3n) is 1.25. The molecule has 1 aromatic heterocycles. The van der Waals surface area contributed by atoms with Gasteiger partial charge in [-0.1, -0.05) is 6.07 Å². The van der Waals surface area contributed by atoms with Crippen molar-refractivity contribution in [2.24, 2.45) is 5.73 Å². The van der Waals surface area contributed by atoms with Crippen LogP contribution in [-0.4, -0.2) is 11.5 Å². The molecule has 0 saturated carbocycles. The Hall–Kier alpha value is -0.960. The van der Waals surface area contributed by atoms with E-state index in [1.807, 2.05) is 0 Å². The normalized spacial score (nSPS) is 13.0. The van der Waals surface area contributed by atoms with Crippen LogP contribution in [0.15, 0.2) is 24.5 Å². The van der Waals surface area contributed by atoms with Gasteiger partial charge in [-0.05, 0) is 6.07 Å². The van der Waals surface area contributed by atoms with Gasteiger partial charge in [-0.25, -0.2) is 4.39 Å². The summed E-state index contributed by atoms with van der Waals surface area (Å²) in [5, 5.41) is 0. The minimum absolute atomic E-state index is 0.0195. The van der Waals surface area contributed by atoms with Crippen LogP contribution in [-0.2, 0) is 0 Å². The van der Waals surface area contributed by atoms with Gasteiger partial charge in [-0.2, -0.15) is 0 Å². The lowest BCUT2D eigenvalue weighted by molar-refractivity contribution is 0.352. The molecule has 1 rings (SSSR count). The van der Waals surface area contributed by atoms with E-state index in [1.54, 1.807) is 18.3 Å². The lowest BCUT2D eigenvalue weighted by atomic mass is 10.2. The highest BCUT2D eigenvalue weighted by molar-refractivity contribution is 5.11. The number of hydrogen-bond acceptors (Lipinski definition) is 2. The van der Waals surface area contributed by atoms with E-state index >= 15 is 0 Å². The van der Waals surface area contributed by atoms with Crippen molar-refractivity contribution in [1.29, 1.82) is 0 Å². The topological polar surface area (TPSA) is 38.9 Å². The Labute approximate surface area is 58.9 Å². The molecule has 0 amide bonds. The second kappa shape index (κ2) is 3.27. The number of rotatable bonds is 2. The summed E-state index contributed by atoms with van der Waals surface area (Å²) in [6.45, 7) is 0.0195. The van der Waals surface area contributed by atoms with Gasteiger partial charge in [0, 0.05) is 24.5 Å². The molecule has 3 heteroatoms. The van der Waals surface area contributed by atoms with Crippen LogP contribution in [0.1, 0.15) is 11.7 Å². The highest BCUT2D eigenvalue weighted by Crippen LogP contribution is 2.12. The quantitative estimate of drug-likeness (QED) is 0.666. The van der Waals surface area contributed by atoms with Crippen molar-refractivity contribution in [2.75, 3.05) is 6.54 Å². The molecule has 0 aliphatic rings. The molecule has 54 valence electrons. The molecule has 0 bridgehead atoms. The summed E-state index contributed by atoms with van der Waals surface area (Å²) in [5.74, 6) is 0. The fourth-order valence-corrected chi connectivity index (χ4v) is 0.697. The molecule has 0 fully saturated rings. The monoisotopic (exact) mass is 140 g/mol. The van der Waals surface area contributed by atoms with Crippen molar-refractivity contribution in [3.05, 3.63) is 30.1 Å². The fraction of sp³-hybridized carbons (Fsp3) is 0.286. The maximum Gasteiger partial charge on any atom is 0.139 e. The number of halogens is 1. The molecule has 2 nitrogen and oxygen atoms in total. The number of nitrogens with zero attached hydrogens (tertiary/aromatic N) is 1. The Morgan fingerprint density at radius 1 is 1.70 bits per heavy atom. The molecule has 1 aromatic rings. The van der Waals surface area contributed by atoms with E-state index < -0.39 is 6.17 Å². The number of hydrogen-bond donors (Lipinski definition) is 1. The molecule has 0 aliphatic heterocycles. The van der Waals surface area contributed by atoms with E-state index in [9.17, 15) is 4.39 Å². The van der Waals surface area contributed by atoms with E-state index in [0.717, 1.165) is 0 Å². The largest absolute Gasteiger partial charge is 0.327 e. The number of pyridine rings is 1. The molecular weight excluding hydrogens is 131 g/mol. The van der Waals surface area contributed by atoms with Crippen molar-refractivity contribution < 1.29 is 4.39 Å². The molecule has 10 heavy (non-hydrogen) atoms. The van der Waals surface area contributed by atoms with E-state index in [0.29, 0.717) is 5.56 Å². The van der Waals surface area contributed by atoms with Gasteiger partial charge in [0.25, 0.3) is 0 Å². The van der Waals surface area contributed by atoms with Crippen molar-refractivity contribution in [3.63, 3.8) is 0 Å². The molecule has 2 N–H and O–H groups in total. The SMILES string of the molecule is NC[C@H](F)c1cccnc1. The van der Waals surface area contributed by atoms with Gasteiger partial charge in [-0.3, -0.25) is 4.98 Å². The van der Waals surface area contributed by atoms with Gasteiger partial charge in [0.1, 0.15) is 6.17 Å².